The number of hydrogen-bond donors (Lipinski definition) is 1. The number of benzene rings is 6. The van der Waals surface area contributed by atoms with Crippen LogP contribution in [0.4, 0.5) is 11.4 Å². The summed E-state index contributed by atoms with van der Waals surface area (Å²) in [7, 11) is 0. The molecule has 0 bridgehead atoms. The molecule has 6 aromatic carbocycles. The van der Waals surface area contributed by atoms with Crippen molar-refractivity contribution in [3.05, 3.63) is 125 Å². The van der Waals surface area contributed by atoms with Gasteiger partial charge >= 0.3 is 0 Å². The van der Waals surface area contributed by atoms with Gasteiger partial charge in [0.05, 0.1) is 5.92 Å². The Hall–Kier alpha value is -5.78. The molecule has 1 aliphatic carbocycles. The third kappa shape index (κ3) is 8.60. The molecular weight excluding hydrogens is 733 g/mol. The van der Waals surface area contributed by atoms with Crippen LogP contribution in [0.5, 0.6) is 0 Å². The molecular formula is C55H62N4O. The van der Waals surface area contributed by atoms with Crippen molar-refractivity contribution < 1.29 is 5.11 Å². The van der Waals surface area contributed by atoms with Crippen molar-refractivity contribution >= 4 is 60.0 Å². The number of aliphatic hydroxyl groups excluding tert-OH is 1. The third-order valence-electron chi connectivity index (χ3n) is 12.7. The maximum absolute atomic E-state index is 12.6. The van der Waals surface area contributed by atoms with E-state index in [4.69, 9.17) is 0 Å². The highest BCUT2D eigenvalue weighted by Crippen LogP contribution is 2.56. The van der Waals surface area contributed by atoms with Gasteiger partial charge in [-0.1, -0.05) is 140 Å². The highest BCUT2D eigenvalue weighted by atomic mass is 16.3. The molecule has 5 heteroatoms. The molecule has 60 heavy (non-hydrogen) atoms. The van der Waals surface area contributed by atoms with Crippen molar-refractivity contribution in [2.75, 3.05) is 36.0 Å². The van der Waals surface area contributed by atoms with Crippen LogP contribution < -0.4 is 9.80 Å². The Kier molecular flexibility index (Phi) is 14.1. The van der Waals surface area contributed by atoms with E-state index in [-0.39, 0.29) is 11.3 Å². The van der Waals surface area contributed by atoms with E-state index in [9.17, 15) is 15.6 Å². The molecule has 0 spiro atoms. The van der Waals surface area contributed by atoms with E-state index in [1.807, 2.05) is 0 Å². The maximum atomic E-state index is 12.6. The highest BCUT2D eigenvalue weighted by Gasteiger charge is 2.42. The van der Waals surface area contributed by atoms with E-state index in [1.54, 1.807) is 0 Å². The van der Waals surface area contributed by atoms with E-state index in [2.05, 4.69) is 147 Å². The molecule has 0 aromatic heterocycles. The minimum Gasteiger partial charge on any atom is -0.511 e. The molecule has 308 valence electrons. The third-order valence-corrected chi connectivity index (χ3v) is 12.7. The number of fused-ring (bicyclic) bond motifs is 4. The normalized spacial score (nSPS) is 13.8. The van der Waals surface area contributed by atoms with Gasteiger partial charge in [0.25, 0.3) is 0 Å². The summed E-state index contributed by atoms with van der Waals surface area (Å²) >= 11 is 0. The molecule has 5 nitrogen and oxygen atoms in total. The summed E-state index contributed by atoms with van der Waals surface area (Å²) in [6.45, 7) is 13.0. The average Bonchev–Trinajstić information content (AvgIpc) is 3.27. The lowest BCUT2D eigenvalue weighted by molar-refractivity contribution is 0.370. The number of nitrogens with zero attached hydrogens (tertiary/aromatic N) is 4. The Morgan fingerprint density at radius 3 is 1.35 bits per heavy atom. The first kappa shape index (κ1) is 42.3. The quantitative estimate of drug-likeness (QED) is 0.0473. The first-order chi connectivity index (χ1) is 29.5. The lowest BCUT2D eigenvalue weighted by Crippen LogP contribution is -2.27. The largest absolute Gasteiger partial charge is 0.511 e. The summed E-state index contributed by atoms with van der Waals surface area (Å²) in [5, 5.41) is 42.6. The monoisotopic (exact) mass is 794 g/mol. The number of nitriles is 2. The van der Waals surface area contributed by atoms with Gasteiger partial charge in [-0.15, -0.1) is 0 Å². The van der Waals surface area contributed by atoms with Gasteiger partial charge in [-0.05, 0) is 106 Å². The molecule has 1 N–H and O–H groups in total. The topological polar surface area (TPSA) is 74.3 Å². The van der Waals surface area contributed by atoms with Gasteiger partial charge in [0.15, 0.2) is 0 Å². The molecule has 0 fully saturated rings. The van der Waals surface area contributed by atoms with Crippen LogP contribution in [0.1, 0.15) is 122 Å². The van der Waals surface area contributed by atoms with Gasteiger partial charge in [-0.25, -0.2) is 0 Å². The fourth-order valence-electron chi connectivity index (χ4n) is 9.48. The van der Waals surface area contributed by atoms with Gasteiger partial charge < -0.3 is 14.9 Å². The molecule has 0 heterocycles. The van der Waals surface area contributed by atoms with Crippen LogP contribution in [-0.2, 0) is 0 Å². The number of anilines is 2. The number of aliphatic hydroxyl groups is 1. The standard InChI is InChI=1S/C55H62N4O/c1-5-9-17-29-58(30-18-10-6-2)50-27-25-44(46-33-39-21-13-15-23-41(39)35-48(46)50)53-52(43(37-56)38-57)54(55(53)60)45-26-28-51(59(31-19-11-7-3)32-20-12-8-4)49-36-42-24-16-14-22-40(42)34-47(45)49/h13-16,21-28,33-36,53,60H,5-12,17-20,29-32H2,1-4H3. The van der Waals surface area contributed by atoms with E-state index < -0.39 is 5.92 Å². The Bertz CT molecular complexity index is 2580. The SMILES string of the molecule is CCCCCN(CCCCC)c1ccc(C2=C(O)C(c3ccc(N(CCCCC)CCCCC)c4cc5ccccc5cc34)C2=C(C#N)C#N)c2cc3ccccc3cc12. The van der Waals surface area contributed by atoms with Crippen LogP contribution in [0, 0.1) is 22.7 Å². The number of hydrogen-bond acceptors (Lipinski definition) is 5. The van der Waals surface area contributed by atoms with Crippen LogP contribution in [0.3, 0.4) is 0 Å². The molecule has 0 amide bonds. The summed E-state index contributed by atoms with van der Waals surface area (Å²) < 4.78 is 0. The summed E-state index contributed by atoms with van der Waals surface area (Å²) in [4.78, 5) is 5.12. The Balaban J connectivity index is 1.44. The van der Waals surface area contributed by atoms with Crippen LogP contribution in [0.15, 0.2) is 114 Å². The summed E-state index contributed by atoms with van der Waals surface area (Å²) in [5.74, 6) is -0.404. The molecule has 1 atom stereocenters. The van der Waals surface area contributed by atoms with Crippen molar-refractivity contribution in [1.82, 2.24) is 0 Å². The van der Waals surface area contributed by atoms with Gasteiger partial charge in [0.2, 0.25) is 0 Å². The van der Waals surface area contributed by atoms with E-state index in [1.165, 1.54) is 68.1 Å². The molecule has 0 saturated carbocycles. The zero-order valence-corrected chi connectivity index (χ0v) is 36.4. The second kappa shape index (κ2) is 20.0. The molecule has 1 aliphatic rings. The fraction of sp³-hybridized carbons (Fsp3) is 0.382. The molecule has 0 saturated heterocycles. The van der Waals surface area contributed by atoms with Crippen LogP contribution >= 0.6 is 0 Å². The molecule has 0 aliphatic heterocycles. The van der Waals surface area contributed by atoms with E-state index in [0.717, 1.165) is 101 Å². The summed E-state index contributed by atoms with van der Waals surface area (Å²) in [5.41, 5.74) is 5.44. The van der Waals surface area contributed by atoms with Crippen molar-refractivity contribution in [3.63, 3.8) is 0 Å². The molecule has 7 rings (SSSR count). The van der Waals surface area contributed by atoms with Gasteiger partial charge in [0, 0.05) is 59.5 Å². The summed E-state index contributed by atoms with van der Waals surface area (Å²) in [6.07, 6.45) is 13.9. The van der Waals surface area contributed by atoms with E-state index in [0.29, 0.717) is 11.1 Å². The lowest BCUT2D eigenvalue weighted by atomic mass is 9.68. The Morgan fingerprint density at radius 2 is 0.917 bits per heavy atom. The molecule has 1 unspecified atom stereocenters. The lowest BCUT2D eigenvalue weighted by Gasteiger charge is -2.36. The zero-order chi connectivity index (χ0) is 42.0. The smallest absolute Gasteiger partial charge is 0.134 e. The van der Waals surface area contributed by atoms with E-state index >= 15 is 0 Å². The second-order valence-electron chi connectivity index (χ2n) is 16.8. The number of unbranched alkanes of at least 4 members (excludes halogenated alkanes) is 8. The molecule has 6 aromatic rings. The predicted molar refractivity (Wildman–Crippen MR) is 256 cm³/mol. The van der Waals surface area contributed by atoms with Crippen molar-refractivity contribution in [1.29, 1.82) is 10.5 Å². The van der Waals surface area contributed by atoms with Gasteiger partial charge in [0.1, 0.15) is 23.5 Å². The Labute approximate surface area is 358 Å². The van der Waals surface area contributed by atoms with Gasteiger partial charge in [-0.3, -0.25) is 0 Å². The second-order valence-corrected chi connectivity index (χ2v) is 16.8. The minimum atomic E-state index is -0.615. The van der Waals surface area contributed by atoms with Crippen molar-refractivity contribution in [3.8, 4) is 12.1 Å². The van der Waals surface area contributed by atoms with Crippen molar-refractivity contribution in [2.24, 2.45) is 0 Å². The highest BCUT2D eigenvalue weighted by molar-refractivity contribution is 6.13. The number of allylic oxidation sites excluding steroid dienone is 3. The predicted octanol–water partition coefficient (Wildman–Crippen LogP) is 15.1. The Morgan fingerprint density at radius 1 is 0.517 bits per heavy atom. The zero-order valence-electron chi connectivity index (χ0n) is 36.4. The number of rotatable bonds is 20. The van der Waals surface area contributed by atoms with Crippen LogP contribution in [0.2, 0.25) is 0 Å². The minimum absolute atomic E-state index is 0.0466. The summed E-state index contributed by atoms with van der Waals surface area (Å²) in [6, 6.07) is 39.3. The first-order valence-electron chi connectivity index (χ1n) is 22.9. The first-order valence-corrected chi connectivity index (χ1v) is 22.9. The van der Waals surface area contributed by atoms with Crippen molar-refractivity contribution in [2.45, 2.75) is 111 Å². The fourth-order valence-corrected chi connectivity index (χ4v) is 9.48. The van der Waals surface area contributed by atoms with Gasteiger partial charge in [-0.2, -0.15) is 10.5 Å². The van der Waals surface area contributed by atoms with Crippen LogP contribution in [-0.4, -0.2) is 31.3 Å². The average molecular weight is 795 g/mol. The van der Waals surface area contributed by atoms with Crippen LogP contribution in [0.25, 0.3) is 48.7 Å². The maximum Gasteiger partial charge on any atom is 0.134 e. The molecule has 0 radical (unpaired) electrons.